The van der Waals surface area contributed by atoms with Crippen LogP contribution in [0, 0.1) is 6.92 Å². The van der Waals surface area contributed by atoms with Crippen molar-refractivity contribution in [2.75, 3.05) is 4.90 Å². The first-order valence-electron chi connectivity index (χ1n) is 5.42. The van der Waals surface area contributed by atoms with Gasteiger partial charge in [0.05, 0.1) is 12.1 Å². The smallest absolute Gasteiger partial charge is 0.329 e. The van der Waals surface area contributed by atoms with Crippen molar-refractivity contribution in [2.45, 2.75) is 19.4 Å². The van der Waals surface area contributed by atoms with Crippen LogP contribution in [0.2, 0.25) is 0 Å². The number of hydrogen-bond donors (Lipinski definition) is 2. The quantitative estimate of drug-likeness (QED) is 0.778. The van der Waals surface area contributed by atoms with Crippen LogP contribution in [-0.4, -0.2) is 29.1 Å². The van der Waals surface area contributed by atoms with Crippen molar-refractivity contribution in [3.63, 3.8) is 0 Å². The Bertz CT molecular complexity index is 527. The molecular formula is C12H12N2O4. The maximum atomic E-state index is 12.0. The lowest BCUT2D eigenvalue weighted by Crippen LogP contribution is -2.32. The molecule has 0 spiro atoms. The van der Waals surface area contributed by atoms with Gasteiger partial charge in [0, 0.05) is 0 Å². The lowest BCUT2D eigenvalue weighted by molar-refractivity contribution is -0.139. The summed E-state index contributed by atoms with van der Waals surface area (Å²) in [4.78, 5) is 35.3. The van der Waals surface area contributed by atoms with Gasteiger partial charge in [0.2, 0.25) is 0 Å². The van der Waals surface area contributed by atoms with Gasteiger partial charge in [-0.3, -0.25) is 9.59 Å². The predicted molar refractivity (Wildman–Crippen MR) is 63.2 cm³/mol. The van der Waals surface area contributed by atoms with Crippen LogP contribution < -0.4 is 10.2 Å². The van der Waals surface area contributed by atoms with Gasteiger partial charge in [-0.15, -0.1) is 0 Å². The van der Waals surface area contributed by atoms with E-state index in [1.807, 2.05) is 0 Å². The maximum absolute atomic E-state index is 12.0. The molecular weight excluding hydrogens is 236 g/mol. The zero-order valence-electron chi connectivity index (χ0n) is 9.71. The molecule has 2 rings (SSSR count). The minimum absolute atomic E-state index is 0.410. The zero-order chi connectivity index (χ0) is 13.3. The second-order valence-electron chi connectivity index (χ2n) is 4.06. The van der Waals surface area contributed by atoms with Gasteiger partial charge in [-0.1, -0.05) is 18.2 Å². The number of carbonyl (C=O) groups is 3. The number of nitrogens with one attached hydrogen (secondary N) is 1. The summed E-state index contributed by atoms with van der Waals surface area (Å²) in [5, 5.41) is 11.0. The Morgan fingerprint density at radius 3 is 2.67 bits per heavy atom. The maximum Gasteiger partial charge on any atom is 0.329 e. The highest BCUT2D eigenvalue weighted by atomic mass is 16.4. The normalized spacial score (nSPS) is 18.9. The monoisotopic (exact) mass is 248 g/mol. The molecule has 1 atom stereocenters. The molecule has 2 N–H and O–H groups in total. The molecule has 1 saturated heterocycles. The van der Waals surface area contributed by atoms with Gasteiger partial charge in [-0.05, 0) is 18.6 Å². The molecule has 1 aliphatic heterocycles. The third-order valence-electron chi connectivity index (χ3n) is 2.75. The number of urea groups is 1. The molecule has 0 aliphatic carbocycles. The van der Waals surface area contributed by atoms with E-state index in [4.69, 9.17) is 5.11 Å². The number of anilines is 1. The number of para-hydroxylation sites is 1. The molecule has 6 heteroatoms. The van der Waals surface area contributed by atoms with E-state index >= 15 is 0 Å². The van der Waals surface area contributed by atoms with E-state index in [0.717, 1.165) is 10.5 Å². The van der Waals surface area contributed by atoms with E-state index in [9.17, 15) is 14.4 Å². The first-order chi connectivity index (χ1) is 8.50. The fourth-order valence-electron chi connectivity index (χ4n) is 1.89. The number of nitrogens with zero attached hydrogens (tertiary/aromatic N) is 1. The average Bonchev–Trinajstić information content (AvgIpc) is 2.55. The lowest BCUT2D eigenvalue weighted by atomic mass is 10.1. The molecule has 0 radical (unpaired) electrons. The van der Waals surface area contributed by atoms with Crippen molar-refractivity contribution < 1.29 is 19.5 Å². The summed E-state index contributed by atoms with van der Waals surface area (Å²) < 4.78 is 0. The highest BCUT2D eigenvalue weighted by Crippen LogP contribution is 2.23. The summed E-state index contributed by atoms with van der Waals surface area (Å²) in [7, 11) is 0. The summed E-state index contributed by atoms with van der Waals surface area (Å²) in [6.45, 7) is 1.78. The van der Waals surface area contributed by atoms with E-state index in [-0.39, 0.29) is 0 Å². The number of hydrogen-bond acceptors (Lipinski definition) is 3. The zero-order valence-corrected chi connectivity index (χ0v) is 9.71. The number of carboxylic acids is 1. The third-order valence-corrected chi connectivity index (χ3v) is 2.75. The standard InChI is InChI=1S/C12H12N2O4/c1-7-4-2-3-5-9(7)14-11(17)8(6-10(15)16)13-12(14)18/h2-5,8H,6H2,1H3,(H,13,18)(H,15,16)/t8-/m1/s1. The van der Waals surface area contributed by atoms with Crippen LogP contribution in [0.15, 0.2) is 24.3 Å². The number of aliphatic carboxylic acids is 1. The number of rotatable bonds is 3. The molecule has 1 aromatic carbocycles. The van der Waals surface area contributed by atoms with Crippen LogP contribution in [0.3, 0.4) is 0 Å². The van der Waals surface area contributed by atoms with E-state index in [1.54, 1.807) is 31.2 Å². The molecule has 6 nitrogen and oxygen atoms in total. The molecule has 1 heterocycles. The molecule has 0 unspecified atom stereocenters. The van der Waals surface area contributed by atoms with Crippen LogP contribution in [0.25, 0.3) is 0 Å². The van der Waals surface area contributed by atoms with Crippen LogP contribution >= 0.6 is 0 Å². The van der Waals surface area contributed by atoms with Crippen molar-refractivity contribution in [3.05, 3.63) is 29.8 Å². The van der Waals surface area contributed by atoms with E-state index in [2.05, 4.69) is 5.32 Å². The summed E-state index contributed by atoms with van der Waals surface area (Å²) in [5.41, 5.74) is 1.25. The number of aryl methyl sites for hydroxylation is 1. The van der Waals surface area contributed by atoms with Gasteiger partial charge in [-0.25, -0.2) is 9.69 Å². The Morgan fingerprint density at radius 2 is 2.06 bits per heavy atom. The largest absolute Gasteiger partial charge is 0.481 e. The SMILES string of the molecule is Cc1ccccc1N1C(=O)N[C@H](CC(=O)O)C1=O. The summed E-state index contributed by atoms with van der Waals surface area (Å²) in [6.07, 6.45) is -0.410. The van der Waals surface area contributed by atoms with Crippen LogP contribution in [0.5, 0.6) is 0 Å². The average molecular weight is 248 g/mol. The molecule has 3 amide bonds. The van der Waals surface area contributed by atoms with Crippen molar-refractivity contribution >= 4 is 23.6 Å². The Kier molecular flexibility index (Phi) is 3.01. The fourth-order valence-corrected chi connectivity index (χ4v) is 1.89. The molecule has 1 aliphatic rings. The molecule has 1 fully saturated rings. The highest BCUT2D eigenvalue weighted by Gasteiger charge is 2.40. The topological polar surface area (TPSA) is 86.7 Å². The van der Waals surface area contributed by atoms with Gasteiger partial charge in [0.15, 0.2) is 0 Å². The third kappa shape index (κ3) is 2.04. The van der Waals surface area contributed by atoms with E-state index in [1.165, 1.54) is 0 Å². The van der Waals surface area contributed by atoms with E-state index in [0.29, 0.717) is 5.69 Å². The second kappa shape index (κ2) is 4.48. The number of carbonyl (C=O) groups excluding carboxylic acids is 2. The molecule has 94 valence electrons. The molecule has 1 aromatic rings. The molecule has 0 bridgehead atoms. The fraction of sp³-hybridized carbons (Fsp3) is 0.250. The highest BCUT2D eigenvalue weighted by molar-refractivity contribution is 6.22. The van der Waals surface area contributed by atoms with Gasteiger partial charge in [-0.2, -0.15) is 0 Å². The predicted octanol–water partition coefficient (Wildman–Crippen LogP) is 0.895. The summed E-state index contributed by atoms with van der Waals surface area (Å²) in [5.74, 6) is -1.66. The first-order valence-corrected chi connectivity index (χ1v) is 5.42. The first kappa shape index (κ1) is 12.1. The Labute approximate surface area is 103 Å². The van der Waals surface area contributed by atoms with Crippen molar-refractivity contribution in [2.24, 2.45) is 0 Å². The van der Waals surface area contributed by atoms with Crippen LogP contribution in [-0.2, 0) is 9.59 Å². The van der Waals surface area contributed by atoms with Gasteiger partial charge in [0.1, 0.15) is 6.04 Å². The number of carboxylic acid groups (broad SMARTS) is 1. The summed E-state index contributed by atoms with van der Waals surface area (Å²) in [6, 6.07) is 5.37. The number of imide groups is 1. The van der Waals surface area contributed by atoms with Crippen LogP contribution in [0.1, 0.15) is 12.0 Å². The minimum Gasteiger partial charge on any atom is -0.481 e. The van der Waals surface area contributed by atoms with E-state index < -0.39 is 30.4 Å². The van der Waals surface area contributed by atoms with Crippen molar-refractivity contribution in [1.29, 1.82) is 0 Å². The van der Waals surface area contributed by atoms with Gasteiger partial charge >= 0.3 is 12.0 Å². The summed E-state index contributed by atoms with van der Waals surface area (Å²) >= 11 is 0. The number of amides is 3. The van der Waals surface area contributed by atoms with Gasteiger partial charge in [0.25, 0.3) is 5.91 Å². The molecule has 18 heavy (non-hydrogen) atoms. The number of benzene rings is 1. The van der Waals surface area contributed by atoms with Crippen molar-refractivity contribution in [1.82, 2.24) is 5.32 Å². The Balaban J connectivity index is 2.30. The molecule has 0 saturated carbocycles. The Morgan fingerprint density at radius 1 is 1.39 bits per heavy atom. The lowest BCUT2D eigenvalue weighted by Gasteiger charge is -2.15. The van der Waals surface area contributed by atoms with Crippen molar-refractivity contribution in [3.8, 4) is 0 Å². The molecule has 0 aromatic heterocycles. The second-order valence-corrected chi connectivity index (χ2v) is 4.06. The Hall–Kier alpha value is -2.37. The minimum atomic E-state index is -1.12. The van der Waals surface area contributed by atoms with Crippen LogP contribution in [0.4, 0.5) is 10.5 Å². The van der Waals surface area contributed by atoms with Gasteiger partial charge < -0.3 is 10.4 Å².